The van der Waals surface area contributed by atoms with Crippen molar-refractivity contribution in [3.63, 3.8) is 0 Å². The Balaban J connectivity index is 1.60. The van der Waals surface area contributed by atoms with E-state index in [1.807, 2.05) is 0 Å². The van der Waals surface area contributed by atoms with Crippen LogP contribution in [0.5, 0.6) is 0 Å². The number of carbonyl (C=O) groups excluding carboxylic acids is 2. The SMILES string of the molecule is COC(=O)c1ccccc1NC(=O)c1ccnc(NCCN2CCOCC2)c1. The zero-order valence-electron chi connectivity index (χ0n) is 15.8. The minimum atomic E-state index is -0.504. The first-order valence-corrected chi connectivity index (χ1v) is 9.16. The predicted molar refractivity (Wildman–Crippen MR) is 106 cm³/mol. The van der Waals surface area contributed by atoms with Crippen LogP contribution < -0.4 is 10.6 Å². The number of aromatic nitrogens is 1. The van der Waals surface area contributed by atoms with E-state index in [9.17, 15) is 9.59 Å². The number of para-hydroxylation sites is 1. The van der Waals surface area contributed by atoms with E-state index in [4.69, 9.17) is 9.47 Å². The van der Waals surface area contributed by atoms with Gasteiger partial charge in [-0.25, -0.2) is 9.78 Å². The molecule has 8 nitrogen and oxygen atoms in total. The quantitative estimate of drug-likeness (QED) is 0.704. The van der Waals surface area contributed by atoms with Gasteiger partial charge in [0.05, 0.1) is 31.6 Å². The van der Waals surface area contributed by atoms with E-state index in [1.54, 1.807) is 42.6 Å². The molecule has 1 aromatic carbocycles. The highest BCUT2D eigenvalue weighted by Gasteiger charge is 2.15. The fourth-order valence-electron chi connectivity index (χ4n) is 2.91. The lowest BCUT2D eigenvalue weighted by Crippen LogP contribution is -2.39. The van der Waals surface area contributed by atoms with Gasteiger partial charge in [-0.2, -0.15) is 0 Å². The fraction of sp³-hybridized carbons (Fsp3) is 0.350. The molecule has 0 spiro atoms. The van der Waals surface area contributed by atoms with Crippen molar-refractivity contribution in [1.82, 2.24) is 9.88 Å². The number of morpholine rings is 1. The molecule has 1 fully saturated rings. The summed E-state index contributed by atoms with van der Waals surface area (Å²) in [4.78, 5) is 31.0. The van der Waals surface area contributed by atoms with Gasteiger partial charge in [0.2, 0.25) is 0 Å². The van der Waals surface area contributed by atoms with E-state index in [0.717, 1.165) is 39.4 Å². The smallest absolute Gasteiger partial charge is 0.339 e. The van der Waals surface area contributed by atoms with Gasteiger partial charge in [-0.15, -0.1) is 0 Å². The average Bonchev–Trinajstić information content (AvgIpc) is 2.74. The number of pyridine rings is 1. The number of nitrogens with zero attached hydrogens (tertiary/aromatic N) is 2. The molecule has 3 rings (SSSR count). The van der Waals surface area contributed by atoms with E-state index in [1.165, 1.54) is 7.11 Å². The Hall–Kier alpha value is -2.97. The third kappa shape index (κ3) is 5.28. The van der Waals surface area contributed by atoms with Crippen LogP contribution in [0.4, 0.5) is 11.5 Å². The standard InChI is InChI=1S/C20H24N4O4/c1-27-20(26)16-4-2-3-5-17(16)23-19(25)15-6-7-21-18(14-15)22-8-9-24-10-12-28-13-11-24/h2-7,14H,8-13H2,1H3,(H,21,22)(H,23,25). The third-order valence-electron chi connectivity index (χ3n) is 4.44. The summed E-state index contributed by atoms with van der Waals surface area (Å²) >= 11 is 0. The summed E-state index contributed by atoms with van der Waals surface area (Å²) < 4.78 is 10.1. The highest BCUT2D eigenvalue weighted by molar-refractivity contribution is 6.08. The molecule has 1 aliphatic heterocycles. The van der Waals surface area contributed by atoms with Crippen LogP contribution in [0, 0.1) is 0 Å². The molecule has 2 aromatic rings. The van der Waals surface area contributed by atoms with E-state index < -0.39 is 5.97 Å². The molecule has 28 heavy (non-hydrogen) atoms. The largest absolute Gasteiger partial charge is 0.465 e. The van der Waals surface area contributed by atoms with E-state index >= 15 is 0 Å². The summed E-state index contributed by atoms with van der Waals surface area (Å²) in [6, 6.07) is 10.0. The zero-order chi connectivity index (χ0) is 19.8. The minimum Gasteiger partial charge on any atom is -0.465 e. The number of esters is 1. The Morgan fingerprint density at radius 1 is 1.21 bits per heavy atom. The summed E-state index contributed by atoms with van der Waals surface area (Å²) in [6.07, 6.45) is 1.58. The molecule has 8 heteroatoms. The maximum absolute atomic E-state index is 12.6. The normalized spacial score (nSPS) is 14.3. The van der Waals surface area contributed by atoms with Crippen LogP contribution in [0.15, 0.2) is 42.6 Å². The van der Waals surface area contributed by atoms with Crippen molar-refractivity contribution in [2.45, 2.75) is 0 Å². The molecule has 1 aliphatic rings. The van der Waals surface area contributed by atoms with E-state index in [-0.39, 0.29) is 5.91 Å². The van der Waals surface area contributed by atoms with Crippen LogP contribution in [-0.4, -0.2) is 68.3 Å². The number of ether oxygens (including phenoxy) is 2. The topological polar surface area (TPSA) is 92.8 Å². The lowest BCUT2D eigenvalue weighted by molar-refractivity contribution is 0.0398. The maximum atomic E-state index is 12.6. The predicted octanol–water partition coefficient (Wildman–Crippen LogP) is 1.86. The van der Waals surface area contributed by atoms with Gasteiger partial charge in [0.1, 0.15) is 5.82 Å². The van der Waals surface area contributed by atoms with Crippen LogP contribution in [0.25, 0.3) is 0 Å². The van der Waals surface area contributed by atoms with Crippen molar-refractivity contribution < 1.29 is 19.1 Å². The van der Waals surface area contributed by atoms with Crippen molar-refractivity contribution >= 4 is 23.4 Å². The van der Waals surface area contributed by atoms with Crippen molar-refractivity contribution in [2.75, 3.05) is 57.1 Å². The average molecular weight is 384 g/mol. The van der Waals surface area contributed by atoms with Gasteiger partial charge < -0.3 is 20.1 Å². The molecule has 0 radical (unpaired) electrons. The zero-order valence-corrected chi connectivity index (χ0v) is 15.8. The van der Waals surface area contributed by atoms with Gasteiger partial charge in [0.15, 0.2) is 0 Å². The summed E-state index contributed by atoms with van der Waals surface area (Å²) in [5, 5.41) is 6.00. The number of hydrogen-bond acceptors (Lipinski definition) is 7. The second kappa shape index (κ2) is 9.82. The highest BCUT2D eigenvalue weighted by atomic mass is 16.5. The Bertz CT molecular complexity index is 821. The van der Waals surface area contributed by atoms with Gasteiger partial charge in [-0.05, 0) is 24.3 Å². The fourth-order valence-corrected chi connectivity index (χ4v) is 2.91. The Labute approximate surface area is 163 Å². The van der Waals surface area contributed by atoms with Crippen molar-refractivity contribution in [3.05, 3.63) is 53.7 Å². The number of carbonyl (C=O) groups is 2. The van der Waals surface area contributed by atoms with Gasteiger partial charge in [0, 0.05) is 37.9 Å². The molecule has 2 N–H and O–H groups in total. The molecule has 0 saturated carbocycles. The number of hydrogen-bond donors (Lipinski definition) is 2. The van der Waals surface area contributed by atoms with Crippen LogP contribution >= 0.6 is 0 Å². The number of nitrogens with one attached hydrogen (secondary N) is 2. The molecule has 1 amide bonds. The lowest BCUT2D eigenvalue weighted by atomic mass is 10.1. The maximum Gasteiger partial charge on any atom is 0.339 e. The van der Waals surface area contributed by atoms with Crippen LogP contribution in [0.3, 0.4) is 0 Å². The molecule has 2 heterocycles. The van der Waals surface area contributed by atoms with Crippen LogP contribution in [0.2, 0.25) is 0 Å². The molecule has 0 atom stereocenters. The monoisotopic (exact) mass is 384 g/mol. The molecule has 1 saturated heterocycles. The Kier molecular flexibility index (Phi) is 6.94. The number of benzene rings is 1. The second-order valence-electron chi connectivity index (χ2n) is 6.30. The van der Waals surface area contributed by atoms with Crippen LogP contribution in [-0.2, 0) is 9.47 Å². The molecule has 0 aliphatic carbocycles. The minimum absolute atomic E-state index is 0.302. The van der Waals surface area contributed by atoms with Crippen molar-refractivity contribution in [3.8, 4) is 0 Å². The highest BCUT2D eigenvalue weighted by Crippen LogP contribution is 2.18. The van der Waals surface area contributed by atoms with Gasteiger partial charge >= 0.3 is 5.97 Å². The Morgan fingerprint density at radius 2 is 2.00 bits per heavy atom. The first-order valence-electron chi connectivity index (χ1n) is 9.16. The first kappa shape index (κ1) is 19.8. The third-order valence-corrected chi connectivity index (χ3v) is 4.44. The first-order chi connectivity index (χ1) is 13.7. The molecular weight excluding hydrogens is 360 g/mol. The lowest BCUT2D eigenvalue weighted by Gasteiger charge is -2.26. The summed E-state index contributed by atoms with van der Waals surface area (Å²) in [5.74, 6) is -0.201. The summed E-state index contributed by atoms with van der Waals surface area (Å²) in [5.41, 5.74) is 1.15. The van der Waals surface area contributed by atoms with Crippen LogP contribution in [0.1, 0.15) is 20.7 Å². The van der Waals surface area contributed by atoms with Gasteiger partial charge in [-0.3, -0.25) is 9.69 Å². The molecule has 0 bridgehead atoms. The van der Waals surface area contributed by atoms with E-state index in [0.29, 0.717) is 22.6 Å². The molecule has 0 unspecified atom stereocenters. The number of methoxy groups -OCH3 is 1. The summed E-state index contributed by atoms with van der Waals surface area (Å²) in [6.45, 7) is 4.99. The number of anilines is 2. The molecular formula is C20H24N4O4. The van der Waals surface area contributed by atoms with Crippen molar-refractivity contribution in [1.29, 1.82) is 0 Å². The molecule has 148 valence electrons. The number of amides is 1. The number of rotatable bonds is 7. The van der Waals surface area contributed by atoms with Gasteiger partial charge in [-0.1, -0.05) is 12.1 Å². The van der Waals surface area contributed by atoms with Gasteiger partial charge in [0.25, 0.3) is 5.91 Å². The summed E-state index contributed by atoms with van der Waals surface area (Å²) in [7, 11) is 1.30. The Morgan fingerprint density at radius 3 is 2.79 bits per heavy atom. The van der Waals surface area contributed by atoms with Crippen molar-refractivity contribution in [2.24, 2.45) is 0 Å². The molecule has 1 aromatic heterocycles. The van der Waals surface area contributed by atoms with E-state index in [2.05, 4.69) is 20.5 Å². The second-order valence-corrected chi connectivity index (χ2v) is 6.30.